The Hall–Kier alpha value is -0.171. The molecule has 16 heavy (non-hydrogen) atoms. The fourth-order valence-corrected chi connectivity index (χ4v) is 2.16. The summed E-state index contributed by atoms with van der Waals surface area (Å²) in [7, 11) is 0. The van der Waals surface area contributed by atoms with Crippen molar-refractivity contribution in [3.8, 4) is 0 Å². The van der Waals surface area contributed by atoms with Crippen LogP contribution < -0.4 is 0 Å². The van der Waals surface area contributed by atoms with Crippen LogP contribution in [0.1, 0.15) is 32.3 Å². The predicted octanol–water partition coefficient (Wildman–Crippen LogP) is 3.75. The van der Waals surface area contributed by atoms with Gasteiger partial charge >= 0.3 is 0 Å². The first-order valence-corrected chi connectivity index (χ1v) is 5.70. The molecule has 0 unspecified atom stereocenters. The Morgan fingerprint density at radius 2 is 2.12 bits per heavy atom. The standard InChI is InChI=1S/C13H15ClN.Ir/c1-13(2)8-3-9-15-12(13)10-4-6-11(14)7-5-10;/h4,6-7H,3,8-9H2,1-2H3;/q-1;. The van der Waals surface area contributed by atoms with Crippen molar-refractivity contribution in [3.63, 3.8) is 0 Å². The van der Waals surface area contributed by atoms with Gasteiger partial charge < -0.3 is 4.99 Å². The topological polar surface area (TPSA) is 12.4 Å². The summed E-state index contributed by atoms with van der Waals surface area (Å²) in [5, 5.41) is 0.730. The molecule has 1 radical (unpaired) electrons. The van der Waals surface area contributed by atoms with Gasteiger partial charge in [0.1, 0.15) is 0 Å². The van der Waals surface area contributed by atoms with Crippen molar-refractivity contribution in [2.45, 2.75) is 26.7 Å². The maximum absolute atomic E-state index is 5.85. The average Bonchev–Trinajstić information content (AvgIpc) is 2.19. The quantitative estimate of drug-likeness (QED) is 0.623. The van der Waals surface area contributed by atoms with E-state index in [1.165, 1.54) is 18.6 Å². The van der Waals surface area contributed by atoms with E-state index in [1.807, 2.05) is 18.2 Å². The third kappa shape index (κ3) is 2.94. The van der Waals surface area contributed by atoms with Crippen LogP contribution >= 0.6 is 11.6 Å². The van der Waals surface area contributed by atoms with Crippen LogP contribution in [0.3, 0.4) is 0 Å². The van der Waals surface area contributed by atoms with Gasteiger partial charge in [-0.15, -0.1) is 41.4 Å². The monoisotopic (exact) mass is 413 g/mol. The van der Waals surface area contributed by atoms with E-state index in [0.29, 0.717) is 0 Å². The van der Waals surface area contributed by atoms with Crippen molar-refractivity contribution in [2.75, 3.05) is 6.54 Å². The van der Waals surface area contributed by atoms with E-state index in [4.69, 9.17) is 11.6 Å². The van der Waals surface area contributed by atoms with Gasteiger partial charge in [-0.25, -0.2) is 0 Å². The van der Waals surface area contributed by atoms with Crippen molar-refractivity contribution < 1.29 is 20.1 Å². The van der Waals surface area contributed by atoms with Gasteiger partial charge in [-0.3, -0.25) is 0 Å². The zero-order valence-corrected chi connectivity index (χ0v) is 12.7. The van der Waals surface area contributed by atoms with Crippen LogP contribution in [-0.4, -0.2) is 12.3 Å². The van der Waals surface area contributed by atoms with E-state index < -0.39 is 0 Å². The predicted molar refractivity (Wildman–Crippen MR) is 64.7 cm³/mol. The second kappa shape index (κ2) is 5.44. The number of nitrogens with zero attached hydrogens (tertiary/aromatic N) is 1. The van der Waals surface area contributed by atoms with Crippen LogP contribution in [0.15, 0.2) is 23.2 Å². The van der Waals surface area contributed by atoms with Gasteiger partial charge in [0.25, 0.3) is 0 Å². The molecule has 0 atom stereocenters. The van der Waals surface area contributed by atoms with Crippen molar-refractivity contribution in [3.05, 3.63) is 34.9 Å². The minimum atomic E-state index is 0. The molecule has 89 valence electrons. The Morgan fingerprint density at radius 1 is 1.38 bits per heavy atom. The number of benzene rings is 1. The Balaban J connectivity index is 0.00000128. The van der Waals surface area contributed by atoms with Crippen LogP contribution in [0, 0.1) is 11.5 Å². The second-order valence-corrected chi connectivity index (χ2v) is 5.07. The Kier molecular flexibility index (Phi) is 4.72. The molecule has 0 aliphatic carbocycles. The molecule has 1 aromatic rings. The summed E-state index contributed by atoms with van der Waals surface area (Å²) in [4.78, 5) is 4.62. The largest absolute Gasteiger partial charge is 0.337 e. The summed E-state index contributed by atoms with van der Waals surface area (Å²) >= 11 is 5.85. The second-order valence-electron chi connectivity index (χ2n) is 4.64. The molecule has 0 aromatic heterocycles. The minimum absolute atomic E-state index is 0. The summed E-state index contributed by atoms with van der Waals surface area (Å²) in [6, 6.07) is 8.92. The van der Waals surface area contributed by atoms with Gasteiger partial charge in [-0.2, -0.15) is 0 Å². The molecule has 1 aliphatic rings. The molecule has 1 nitrogen and oxygen atoms in total. The molecule has 1 aromatic carbocycles. The number of halogens is 1. The molecule has 0 fully saturated rings. The van der Waals surface area contributed by atoms with Crippen LogP contribution in [0.4, 0.5) is 0 Å². The molecule has 0 N–H and O–H groups in total. The van der Waals surface area contributed by atoms with E-state index in [1.54, 1.807) is 0 Å². The number of hydrogen-bond donors (Lipinski definition) is 0. The van der Waals surface area contributed by atoms with Gasteiger partial charge in [-0.1, -0.05) is 13.8 Å². The molecule has 1 aliphatic heterocycles. The smallest absolute Gasteiger partial charge is 0.0285 e. The van der Waals surface area contributed by atoms with Crippen molar-refractivity contribution in [1.29, 1.82) is 0 Å². The molecule has 0 bridgehead atoms. The molecule has 0 spiro atoms. The molecule has 1 heterocycles. The van der Waals surface area contributed by atoms with E-state index in [0.717, 1.165) is 17.1 Å². The Labute approximate surface area is 116 Å². The number of rotatable bonds is 1. The number of aliphatic imine (C=N–C) groups is 1. The first kappa shape index (κ1) is 13.9. The summed E-state index contributed by atoms with van der Waals surface area (Å²) in [5.74, 6) is 0. The van der Waals surface area contributed by atoms with Crippen LogP contribution in [0.2, 0.25) is 5.02 Å². The number of hydrogen-bond acceptors (Lipinski definition) is 1. The molecule has 0 amide bonds. The molecule has 2 rings (SSSR count). The fraction of sp³-hybridized carbons (Fsp3) is 0.462. The maximum atomic E-state index is 5.85. The summed E-state index contributed by atoms with van der Waals surface area (Å²) < 4.78 is 0. The Morgan fingerprint density at radius 3 is 2.69 bits per heavy atom. The van der Waals surface area contributed by atoms with Crippen molar-refractivity contribution in [1.82, 2.24) is 0 Å². The fourth-order valence-electron chi connectivity index (χ4n) is 2.05. The molecule has 0 saturated heterocycles. The summed E-state index contributed by atoms with van der Waals surface area (Å²) in [6.07, 6.45) is 2.38. The van der Waals surface area contributed by atoms with E-state index >= 15 is 0 Å². The van der Waals surface area contributed by atoms with E-state index in [2.05, 4.69) is 24.9 Å². The minimum Gasteiger partial charge on any atom is -0.337 e. The van der Waals surface area contributed by atoms with Crippen LogP contribution in [0.25, 0.3) is 0 Å². The van der Waals surface area contributed by atoms with E-state index in [9.17, 15) is 0 Å². The van der Waals surface area contributed by atoms with Gasteiger partial charge in [0.05, 0.1) is 0 Å². The van der Waals surface area contributed by atoms with Crippen LogP contribution in [-0.2, 0) is 20.1 Å². The van der Waals surface area contributed by atoms with Gasteiger partial charge in [-0.05, 0) is 29.0 Å². The average molecular weight is 413 g/mol. The molecule has 0 saturated carbocycles. The SMILES string of the molecule is CC1(C)CCCN=C1c1[c-]cc(Cl)cc1.[Ir]. The Bertz CT molecular complexity index is 381. The molecular formula is C13H15ClIrN-. The zero-order valence-electron chi connectivity index (χ0n) is 9.51. The molecular weight excluding hydrogens is 398 g/mol. The first-order valence-electron chi connectivity index (χ1n) is 5.32. The third-order valence-electron chi connectivity index (χ3n) is 2.90. The maximum Gasteiger partial charge on any atom is 0.0285 e. The molecule has 3 heteroatoms. The summed E-state index contributed by atoms with van der Waals surface area (Å²) in [6.45, 7) is 5.43. The third-order valence-corrected chi connectivity index (χ3v) is 3.14. The zero-order chi connectivity index (χ0) is 10.9. The normalized spacial score (nSPS) is 18.6. The van der Waals surface area contributed by atoms with Gasteiger partial charge in [0, 0.05) is 26.7 Å². The summed E-state index contributed by atoms with van der Waals surface area (Å²) in [5.41, 5.74) is 2.43. The van der Waals surface area contributed by atoms with Crippen LogP contribution in [0.5, 0.6) is 0 Å². The first-order chi connectivity index (χ1) is 7.09. The van der Waals surface area contributed by atoms with Crippen molar-refractivity contribution >= 4 is 17.3 Å². The van der Waals surface area contributed by atoms with Gasteiger partial charge in [0.2, 0.25) is 0 Å². The van der Waals surface area contributed by atoms with Gasteiger partial charge in [0.15, 0.2) is 0 Å². The van der Waals surface area contributed by atoms with E-state index in [-0.39, 0.29) is 25.5 Å². The van der Waals surface area contributed by atoms with Crippen molar-refractivity contribution in [2.24, 2.45) is 10.4 Å².